The quantitative estimate of drug-likeness (QED) is 0.443. The van der Waals surface area contributed by atoms with E-state index >= 15 is 0 Å². The van der Waals surface area contributed by atoms with Crippen LogP contribution in [0.15, 0.2) is 41.8 Å². The number of amides is 2. The third kappa shape index (κ3) is 4.61. The maximum absolute atomic E-state index is 12.4. The number of nitro benzene ring substituents is 1. The molecule has 0 fully saturated rings. The van der Waals surface area contributed by atoms with E-state index < -0.39 is 4.92 Å². The number of nitro groups is 1. The molecule has 11 heteroatoms. The summed E-state index contributed by atoms with van der Waals surface area (Å²) in [6.07, 6.45) is -0.0431. The molecule has 3 aromatic rings. The van der Waals surface area contributed by atoms with Crippen molar-refractivity contribution in [3.8, 4) is 11.5 Å². The van der Waals surface area contributed by atoms with E-state index in [1.165, 1.54) is 23.5 Å². The summed E-state index contributed by atoms with van der Waals surface area (Å²) < 4.78 is 10.5. The van der Waals surface area contributed by atoms with E-state index in [0.717, 1.165) is 0 Å². The van der Waals surface area contributed by atoms with E-state index in [4.69, 9.17) is 9.47 Å². The second kappa shape index (κ2) is 8.40. The lowest BCUT2D eigenvalue weighted by Crippen LogP contribution is -2.16. The fraction of sp³-hybridized carbons (Fsp3) is 0.150. The molecule has 0 spiro atoms. The van der Waals surface area contributed by atoms with Crippen LogP contribution in [0.2, 0.25) is 0 Å². The van der Waals surface area contributed by atoms with Gasteiger partial charge >= 0.3 is 0 Å². The first-order valence-corrected chi connectivity index (χ1v) is 9.97. The Labute approximate surface area is 180 Å². The van der Waals surface area contributed by atoms with Gasteiger partial charge in [-0.05, 0) is 30.7 Å². The number of aromatic nitrogens is 1. The molecule has 0 radical (unpaired) electrons. The zero-order valence-electron chi connectivity index (χ0n) is 16.2. The molecular weight excluding hydrogens is 424 g/mol. The van der Waals surface area contributed by atoms with E-state index in [-0.39, 0.29) is 30.7 Å². The largest absolute Gasteiger partial charge is 0.454 e. The fourth-order valence-corrected chi connectivity index (χ4v) is 3.58. The molecule has 31 heavy (non-hydrogen) atoms. The Morgan fingerprint density at radius 3 is 2.77 bits per heavy atom. The van der Waals surface area contributed by atoms with Crippen LogP contribution < -0.4 is 20.1 Å². The number of hydrogen-bond acceptors (Lipinski definition) is 8. The van der Waals surface area contributed by atoms with Gasteiger partial charge in [0.1, 0.15) is 0 Å². The Bertz CT molecular complexity index is 1190. The number of hydrogen-bond donors (Lipinski definition) is 2. The van der Waals surface area contributed by atoms with Gasteiger partial charge in [-0.3, -0.25) is 25.0 Å². The van der Waals surface area contributed by atoms with Crippen molar-refractivity contribution in [2.24, 2.45) is 0 Å². The summed E-state index contributed by atoms with van der Waals surface area (Å²) in [5.41, 5.74) is 1.81. The van der Waals surface area contributed by atoms with Crippen LogP contribution in [0.4, 0.5) is 16.5 Å². The average Bonchev–Trinajstić information content (AvgIpc) is 3.38. The Morgan fingerprint density at radius 1 is 1.16 bits per heavy atom. The van der Waals surface area contributed by atoms with Crippen LogP contribution in [0.1, 0.15) is 21.6 Å². The molecule has 4 rings (SSSR count). The predicted molar refractivity (Wildman–Crippen MR) is 113 cm³/mol. The molecule has 0 bridgehead atoms. The maximum atomic E-state index is 12.4. The van der Waals surface area contributed by atoms with Gasteiger partial charge in [-0.25, -0.2) is 4.98 Å². The average molecular weight is 440 g/mol. The van der Waals surface area contributed by atoms with Crippen LogP contribution in [0.3, 0.4) is 0 Å². The molecule has 0 aliphatic carbocycles. The minimum atomic E-state index is -0.523. The van der Waals surface area contributed by atoms with Crippen molar-refractivity contribution >= 4 is 39.7 Å². The van der Waals surface area contributed by atoms with Crippen molar-refractivity contribution in [1.29, 1.82) is 0 Å². The molecule has 0 saturated carbocycles. The van der Waals surface area contributed by atoms with E-state index in [2.05, 4.69) is 15.6 Å². The minimum Gasteiger partial charge on any atom is -0.454 e. The van der Waals surface area contributed by atoms with Gasteiger partial charge in [0.25, 0.3) is 11.6 Å². The Morgan fingerprint density at radius 2 is 1.97 bits per heavy atom. The molecule has 10 nitrogen and oxygen atoms in total. The number of nitrogens with one attached hydrogen (secondary N) is 2. The number of fused-ring (bicyclic) bond motifs is 1. The first-order chi connectivity index (χ1) is 14.9. The summed E-state index contributed by atoms with van der Waals surface area (Å²) in [4.78, 5) is 39.4. The molecule has 0 saturated heterocycles. The lowest BCUT2D eigenvalue weighted by Gasteiger charge is -2.07. The highest BCUT2D eigenvalue weighted by Crippen LogP contribution is 2.32. The van der Waals surface area contributed by atoms with E-state index in [1.807, 2.05) is 0 Å². The van der Waals surface area contributed by atoms with Crippen molar-refractivity contribution in [3.63, 3.8) is 0 Å². The smallest absolute Gasteiger partial charge is 0.271 e. The third-order valence-corrected chi connectivity index (χ3v) is 5.26. The number of carbonyl (C=O) groups excluding carboxylic acids is 2. The molecule has 2 aromatic carbocycles. The molecule has 1 aliphatic heterocycles. The number of aryl methyl sites for hydroxylation is 1. The summed E-state index contributed by atoms with van der Waals surface area (Å²) in [5, 5.41) is 18.3. The van der Waals surface area contributed by atoms with Crippen molar-refractivity contribution in [1.82, 2.24) is 4.98 Å². The van der Waals surface area contributed by atoms with Gasteiger partial charge in [0.2, 0.25) is 12.7 Å². The van der Waals surface area contributed by atoms with Crippen LogP contribution in [0.5, 0.6) is 11.5 Å². The second-order valence-corrected chi connectivity index (χ2v) is 7.51. The monoisotopic (exact) mass is 440 g/mol. The Balaban J connectivity index is 1.38. The Hall–Kier alpha value is -3.99. The summed E-state index contributed by atoms with van der Waals surface area (Å²) in [5.74, 6) is 0.345. The van der Waals surface area contributed by atoms with E-state index in [0.29, 0.717) is 39.1 Å². The zero-order chi connectivity index (χ0) is 22.0. The van der Waals surface area contributed by atoms with Crippen LogP contribution in [0, 0.1) is 17.0 Å². The highest BCUT2D eigenvalue weighted by molar-refractivity contribution is 7.14. The SMILES string of the molecule is Cc1ccc([N+](=O)[O-])cc1NC(=O)Cc1csc(NC(=O)c2ccc3c(c2)OCO3)n1. The second-order valence-electron chi connectivity index (χ2n) is 6.65. The third-order valence-electron chi connectivity index (χ3n) is 4.45. The number of non-ortho nitro benzene ring substituents is 1. The topological polar surface area (TPSA) is 133 Å². The van der Waals surface area contributed by atoms with Crippen LogP contribution in [-0.2, 0) is 11.2 Å². The van der Waals surface area contributed by atoms with Crippen molar-refractivity contribution in [3.05, 3.63) is 68.7 Å². The molecule has 2 heterocycles. The molecular formula is C20H16N4O6S. The normalized spacial score (nSPS) is 11.8. The number of rotatable bonds is 6. The molecule has 0 atom stereocenters. The maximum Gasteiger partial charge on any atom is 0.271 e. The number of thiazole rings is 1. The Kier molecular flexibility index (Phi) is 5.50. The molecule has 1 aliphatic rings. The predicted octanol–water partition coefficient (Wildman–Crippen LogP) is 3.52. The molecule has 2 amide bonds. The summed E-state index contributed by atoms with van der Waals surface area (Å²) in [7, 11) is 0. The van der Waals surface area contributed by atoms with Crippen LogP contribution >= 0.6 is 11.3 Å². The zero-order valence-corrected chi connectivity index (χ0v) is 17.0. The summed E-state index contributed by atoms with van der Waals surface area (Å²) in [6, 6.07) is 9.12. The number of anilines is 2. The minimum absolute atomic E-state index is 0.0431. The van der Waals surface area contributed by atoms with E-state index in [9.17, 15) is 19.7 Å². The van der Waals surface area contributed by atoms with Crippen molar-refractivity contribution < 1.29 is 24.0 Å². The van der Waals surface area contributed by atoms with Crippen LogP contribution in [-0.4, -0.2) is 28.5 Å². The van der Waals surface area contributed by atoms with Crippen LogP contribution in [0.25, 0.3) is 0 Å². The molecule has 0 unspecified atom stereocenters. The lowest BCUT2D eigenvalue weighted by molar-refractivity contribution is -0.384. The molecule has 158 valence electrons. The van der Waals surface area contributed by atoms with Gasteiger partial charge in [0, 0.05) is 23.1 Å². The van der Waals surface area contributed by atoms with Gasteiger partial charge < -0.3 is 14.8 Å². The van der Waals surface area contributed by atoms with Gasteiger partial charge in [-0.2, -0.15) is 0 Å². The first kappa shape index (κ1) is 20.3. The number of nitrogens with zero attached hydrogens (tertiary/aromatic N) is 2. The lowest BCUT2D eigenvalue weighted by atomic mass is 10.1. The first-order valence-electron chi connectivity index (χ1n) is 9.09. The standard InChI is InChI=1S/C20H16N4O6S/c1-11-2-4-14(24(27)28)8-15(11)22-18(25)7-13-9-31-20(21-13)23-19(26)12-3-5-16-17(6-12)30-10-29-16/h2-6,8-9H,7,10H2,1H3,(H,22,25)(H,21,23,26). The van der Waals surface area contributed by atoms with Gasteiger partial charge in [-0.15, -0.1) is 11.3 Å². The van der Waals surface area contributed by atoms with E-state index in [1.54, 1.807) is 36.6 Å². The highest BCUT2D eigenvalue weighted by atomic mass is 32.1. The highest BCUT2D eigenvalue weighted by Gasteiger charge is 2.18. The summed E-state index contributed by atoms with van der Waals surface area (Å²) in [6.45, 7) is 1.86. The number of ether oxygens (including phenoxy) is 2. The fourth-order valence-electron chi connectivity index (χ4n) is 2.87. The summed E-state index contributed by atoms with van der Waals surface area (Å²) >= 11 is 1.19. The molecule has 1 aromatic heterocycles. The van der Waals surface area contributed by atoms with Crippen molar-refractivity contribution in [2.75, 3.05) is 17.4 Å². The van der Waals surface area contributed by atoms with Gasteiger partial charge in [-0.1, -0.05) is 6.07 Å². The van der Waals surface area contributed by atoms with Gasteiger partial charge in [0.15, 0.2) is 16.6 Å². The molecule has 2 N–H and O–H groups in total. The van der Waals surface area contributed by atoms with Gasteiger partial charge in [0.05, 0.1) is 22.7 Å². The number of benzene rings is 2. The van der Waals surface area contributed by atoms with Crippen molar-refractivity contribution in [2.45, 2.75) is 13.3 Å². The number of carbonyl (C=O) groups is 2.